The van der Waals surface area contributed by atoms with Crippen LogP contribution in [0.4, 0.5) is 0 Å². The topological polar surface area (TPSA) is 66.8 Å². The Hall–Kier alpha value is -0.610. The van der Waals surface area contributed by atoms with Crippen molar-refractivity contribution < 1.29 is 19.7 Å². The number of hydrogen-bond donors (Lipinski definition) is 2. The lowest BCUT2D eigenvalue weighted by molar-refractivity contribution is -0.215. The summed E-state index contributed by atoms with van der Waals surface area (Å²) in [7, 11) is 1.47. The van der Waals surface area contributed by atoms with Crippen molar-refractivity contribution >= 4 is 5.97 Å². The molecule has 4 nitrogen and oxygen atoms in total. The molecule has 0 aromatic carbocycles. The Labute approximate surface area is 176 Å². The van der Waals surface area contributed by atoms with Gasteiger partial charge in [-0.1, -0.05) is 33.6 Å². The van der Waals surface area contributed by atoms with E-state index in [1.54, 1.807) is 0 Å². The van der Waals surface area contributed by atoms with Gasteiger partial charge < -0.3 is 14.9 Å². The molecule has 2 N–H and O–H groups in total. The summed E-state index contributed by atoms with van der Waals surface area (Å²) in [6.07, 6.45) is 9.80. The SMILES string of the molecule is COC(=O)CC[C@H](C)[C@H]1CC[C@@H]2[C@@H]3[C@@H](O)[C@@H](O)[C@@H]4CCCC[C@]4(C)[C@@H]3CC[C@@]21C. The van der Waals surface area contributed by atoms with Gasteiger partial charge >= 0.3 is 5.97 Å². The molecule has 29 heavy (non-hydrogen) atoms. The standard InChI is InChI=1S/C25H42O4/c1-15(8-11-20(26)29-4)16-9-10-17-21-18(12-14-25(16,17)3)24(2)13-6-5-7-19(24)22(27)23(21)28/h15-19,21-23,27-28H,5-14H2,1-4H3/t15-,16+,17+,18+,19-,21-,22-,23+,24+,25+/m0/s1. The molecule has 0 unspecified atom stereocenters. The lowest BCUT2D eigenvalue weighted by Crippen LogP contribution is -2.63. The van der Waals surface area contributed by atoms with Crippen molar-refractivity contribution in [3.63, 3.8) is 0 Å². The quantitative estimate of drug-likeness (QED) is 0.671. The van der Waals surface area contributed by atoms with Crippen LogP contribution in [-0.2, 0) is 9.53 Å². The number of hydrogen-bond acceptors (Lipinski definition) is 4. The monoisotopic (exact) mass is 406 g/mol. The second-order valence-electron chi connectivity index (χ2n) is 11.5. The van der Waals surface area contributed by atoms with Gasteiger partial charge in [0.25, 0.3) is 0 Å². The minimum absolute atomic E-state index is 0.109. The third kappa shape index (κ3) is 3.28. The van der Waals surface area contributed by atoms with Crippen molar-refractivity contribution in [1.82, 2.24) is 0 Å². The first kappa shape index (κ1) is 21.6. The predicted molar refractivity (Wildman–Crippen MR) is 113 cm³/mol. The molecular formula is C25H42O4. The molecule has 0 bridgehead atoms. The minimum atomic E-state index is -0.565. The molecule has 0 amide bonds. The maximum atomic E-state index is 11.6. The molecule has 0 saturated heterocycles. The van der Waals surface area contributed by atoms with Crippen LogP contribution in [-0.4, -0.2) is 35.5 Å². The average Bonchev–Trinajstić information content (AvgIpc) is 3.06. The van der Waals surface area contributed by atoms with Crippen LogP contribution >= 0.6 is 0 Å². The van der Waals surface area contributed by atoms with Crippen molar-refractivity contribution in [2.75, 3.05) is 7.11 Å². The van der Waals surface area contributed by atoms with E-state index in [4.69, 9.17) is 4.74 Å². The van der Waals surface area contributed by atoms with E-state index in [0.29, 0.717) is 30.1 Å². The van der Waals surface area contributed by atoms with Gasteiger partial charge in [-0.2, -0.15) is 0 Å². The Morgan fingerprint density at radius 1 is 0.966 bits per heavy atom. The van der Waals surface area contributed by atoms with Crippen LogP contribution in [0, 0.1) is 46.3 Å². The summed E-state index contributed by atoms with van der Waals surface area (Å²) >= 11 is 0. The molecule has 4 fully saturated rings. The minimum Gasteiger partial charge on any atom is -0.469 e. The highest BCUT2D eigenvalue weighted by Gasteiger charge is 2.64. The number of fused-ring (bicyclic) bond motifs is 5. The summed E-state index contributed by atoms with van der Waals surface area (Å²) in [6, 6.07) is 0. The Morgan fingerprint density at radius 3 is 2.41 bits per heavy atom. The smallest absolute Gasteiger partial charge is 0.305 e. The largest absolute Gasteiger partial charge is 0.469 e. The van der Waals surface area contributed by atoms with E-state index in [9.17, 15) is 15.0 Å². The molecule has 10 atom stereocenters. The lowest BCUT2D eigenvalue weighted by Gasteiger charge is -2.63. The molecule has 0 heterocycles. The molecule has 166 valence electrons. The van der Waals surface area contributed by atoms with Gasteiger partial charge in [0.05, 0.1) is 19.3 Å². The molecule has 0 aromatic rings. The van der Waals surface area contributed by atoms with E-state index < -0.39 is 12.2 Å². The Morgan fingerprint density at radius 2 is 1.69 bits per heavy atom. The van der Waals surface area contributed by atoms with E-state index in [1.165, 1.54) is 45.6 Å². The van der Waals surface area contributed by atoms with Gasteiger partial charge in [0.15, 0.2) is 0 Å². The maximum absolute atomic E-state index is 11.6. The summed E-state index contributed by atoms with van der Waals surface area (Å²) < 4.78 is 4.85. The molecule has 0 spiro atoms. The third-order valence-corrected chi connectivity index (χ3v) is 10.5. The van der Waals surface area contributed by atoms with Crippen LogP contribution in [0.2, 0.25) is 0 Å². The fourth-order valence-electron chi connectivity index (χ4n) is 8.94. The van der Waals surface area contributed by atoms with Gasteiger partial charge in [-0.15, -0.1) is 0 Å². The van der Waals surface area contributed by atoms with E-state index >= 15 is 0 Å². The fourth-order valence-corrected chi connectivity index (χ4v) is 8.94. The summed E-state index contributed by atoms with van der Waals surface area (Å²) in [6.45, 7) is 7.18. The lowest BCUT2D eigenvalue weighted by atomic mass is 9.43. The summed E-state index contributed by atoms with van der Waals surface area (Å²) in [5.41, 5.74) is 0.409. The van der Waals surface area contributed by atoms with Crippen molar-refractivity contribution in [2.24, 2.45) is 46.3 Å². The Kier molecular flexibility index (Phi) is 5.83. The molecule has 0 aliphatic heterocycles. The summed E-state index contributed by atoms with van der Waals surface area (Å²) in [5.74, 6) is 2.53. The molecule has 4 aliphatic carbocycles. The van der Waals surface area contributed by atoms with Gasteiger partial charge in [-0.25, -0.2) is 0 Å². The zero-order chi connectivity index (χ0) is 21.0. The van der Waals surface area contributed by atoms with Crippen molar-refractivity contribution in [3.05, 3.63) is 0 Å². The number of ether oxygens (including phenoxy) is 1. The van der Waals surface area contributed by atoms with Crippen LogP contribution in [0.1, 0.15) is 85.0 Å². The maximum Gasteiger partial charge on any atom is 0.305 e. The summed E-state index contributed by atoms with van der Waals surface area (Å²) in [4.78, 5) is 11.6. The zero-order valence-electron chi connectivity index (χ0n) is 18.9. The molecular weight excluding hydrogens is 364 g/mol. The Balaban J connectivity index is 1.56. The normalized spacial score (nSPS) is 50.2. The van der Waals surface area contributed by atoms with Gasteiger partial charge in [0.2, 0.25) is 0 Å². The highest BCUT2D eigenvalue weighted by molar-refractivity contribution is 5.69. The molecule has 0 aromatic heterocycles. The third-order valence-electron chi connectivity index (χ3n) is 10.5. The first-order valence-corrected chi connectivity index (χ1v) is 12.2. The van der Waals surface area contributed by atoms with Gasteiger partial charge in [0.1, 0.15) is 0 Å². The fraction of sp³-hybridized carbons (Fsp3) is 0.960. The average molecular weight is 407 g/mol. The number of aliphatic hydroxyl groups excluding tert-OH is 2. The molecule has 4 heteroatoms. The number of carbonyl (C=O) groups is 1. The number of esters is 1. The van der Waals surface area contributed by atoms with Gasteiger partial charge in [0, 0.05) is 6.42 Å². The first-order chi connectivity index (χ1) is 13.7. The van der Waals surface area contributed by atoms with Crippen molar-refractivity contribution in [1.29, 1.82) is 0 Å². The number of methoxy groups -OCH3 is 1. The van der Waals surface area contributed by atoms with E-state index in [1.807, 2.05) is 0 Å². The molecule has 4 saturated carbocycles. The van der Waals surface area contributed by atoms with E-state index in [-0.39, 0.29) is 28.6 Å². The van der Waals surface area contributed by atoms with Gasteiger partial charge in [-0.05, 0) is 91.3 Å². The van der Waals surface area contributed by atoms with Crippen LogP contribution in [0.15, 0.2) is 0 Å². The molecule has 0 radical (unpaired) electrons. The number of carbonyl (C=O) groups excluding carboxylic acids is 1. The van der Waals surface area contributed by atoms with Crippen molar-refractivity contribution in [3.8, 4) is 0 Å². The van der Waals surface area contributed by atoms with E-state index in [0.717, 1.165) is 19.3 Å². The zero-order valence-corrected chi connectivity index (χ0v) is 18.9. The second kappa shape index (κ2) is 7.82. The highest BCUT2D eigenvalue weighted by Crippen LogP contribution is 2.68. The summed E-state index contributed by atoms with van der Waals surface area (Å²) in [5, 5.41) is 22.4. The molecule has 4 rings (SSSR count). The number of aliphatic hydroxyl groups is 2. The van der Waals surface area contributed by atoms with Gasteiger partial charge in [-0.3, -0.25) is 4.79 Å². The molecule has 4 aliphatic rings. The van der Waals surface area contributed by atoms with Crippen LogP contribution in [0.3, 0.4) is 0 Å². The number of rotatable bonds is 4. The van der Waals surface area contributed by atoms with E-state index in [2.05, 4.69) is 20.8 Å². The second-order valence-corrected chi connectivity index (χ2v) is 11.5. The van der Waals surface area contributed by atoms with Crippen LogP contribution in [0.5, 0.6) is 0 Å². The van der Waals surface area contributed by atoms with Crippen LogP contribution < -0.4 is 0 Å². The first-order valence-electron chi connectivity index (χ1n) is 12.2. The predicted octanol–water partition coefficient (Wildman–Crippen LogP) is 4.57. The Bertz CT molecular complexity index is 620. The van der Waals surface area contributed by atoms with Crippen molar-refractivity contribution in [2.45, 2.75) is 97.2 Å². The van der Waals surface area contributed by atoms with Crippen LogP contribution in [0.25, 0.3) is 0 Å². The highest BCUT2D eigenvalue weighted by atomic mass is 16.5.